The number of halogens is 6. The predicted octanol–water partition coefficient (Wildman–Crippen LogP) is 4.99. The van der Waals surface area contributed by atoms with Gasteiger partial charge in [-0.25, -0.2) is 4.98 Å². The van der Waals surface area contributed by atoms with Gasteiger partial charge in [-0.15, -0.1) is 0 Å². The van der Waals surface area contributed by atoms with Gasteiger partial charge in [0.15, 0.2) is 0 Å². The molecule has 1 saturated heterocycles. The summed E-state index contributed by atoms with van der Waals surface area (Å²) in [5, 5.41) is 10.7. The first-order valence-corrected chi connectivity index (χ1v) is 8.57. The van der Waals surface area contributed by atoms with E-state index in [1.807, 2.05) is 0 Å². The summed E-state index contributed by atoms with van der Waals surface area (Å²) in [6, 6.07) is 3.76. The number of nitrogens with zero attached hydrogens (tertiary/aromatic N) is 1. The van der Waals surface area contributed by atoms with Crippen LogP contribution in [0.2, 0.25) is 0 Å². The summed E-state index contributed by atoms with van der Waals surface area (Å²) in [5.41, 5.74) is -5.20. The molecule has 1 aromatic carbocycles. The second kappa shape index (κ2) is 6.05. The summed E-state index contributed by atoms with van der Waals surface area (Å²) in [5.74, 6) is 1.03. The number of pyridine rings is 1. The number of hydrogen-bond donors (Lipinski definition) is 1. The van der Waals surface area contributed by atoms with E-state index in [0.29, 0.717) is 23.6 Å². The van der Waals surface area contributed by atoms with Gasteiger partial charge in [0.05, 0.1) is 16.7 Å². The van der Waals surface area contributed by atoms with Crippen molar-refractivity contribution in [1.82, 2.24) is 4.98 Å². The lowest BCUT2D eigenvalue weighted by molar-refractivity contribution is -0.142. The molecule has 136 valence electrons. The number of alkyl halides is 6. The molecule has 1 N–H and O–H groups in total. The molecule has 2 heterocycles. The van der Waals surface area contributed by atoms with Crippen molar-refractivity contribution < 1.29 is 31.4 Å². The van der Waals surface area contributed by atoms with E-state index >= 15 is 0 Å². The van der Waals surface area contributed by atoms with Gasteiger partial charge in [0.25, 0.3) is 0 Å². The van der Waals surface area contributed by atoms with Gasteiger partial charge in [-0.2, -0.15) is 38.1 Å². The summed E-state index contributed by atoms with van der Waals surface area (Å²) < 4.78 is 79.2. The van der Waals surface area contributed by atoms with Crippen molar-refractivity contribution in [2.75, 3.05) is 11.5 Å². The first kappa shape index (κ1) is 18.3. The van der Waals surface area contributed by atoms with Crippen LogP contribution in [0.3, 0.4) is 0 Å². The SMILES string of the molecule is OC1(c2cc(C(F)(F)F)nc3c(C(F)(F)F)cccc23)CCSCC1. The van der Waals surface area contributed by atoms with Crippen LogP contribution in [0, 0.1) is 0 Å². The third-order valence-electron chi connectivity index (χ3n) is 4.26. The molecule has 0 unspecified atom stereocenters. The first-order valence-electron chi connectivity index (χ1n) is 7.41. The third-order valence-corrected chi connectivity index (χ3v) is 5.24. The normalized spacial score (nSPS) is 18.5. The Labute approximate surface area is 143 Å². The summed E-state index contributed by atoms with van der Waals surface area (Å²) >= 11 is 1.54. The average molecular weight is 381 g/mol. The van der Waals surface area contributed by atoms with E-state index in [4.69, 9.17) is 0 Å². The van der Waals surface area contributed by atoms with E-state index in [1.54, 1.807) is 0 Å². The van der Waals surface area contributed by atoms with Crippen molar-refractivity contribution >= 4 is 22.7 Å². The molecule has 0 saturated carbocycles. The highest BCUT2D eigenvalue weighted by molar-refractivity contribution is 7.99. The zero-order valence-electron chi connectivity index (χ0n) is 12.7. The number of benzene rings is 1. The zero-order chi connectivity index (χ0) is 18.5. The van der Waals surface area contributed by atoms with Crippen LogP contribution >= 0.6 is 11.8 Å². The minimum atomic E-state index is -4.92. The molecule has 0 spiro atoms. The summed E-state index contributed by atoms with van der Waals surface area (Å²) in [6.45, 7) is 0. The maximum absolute atomic E-state index is 13.2. The van der Waals surface area contributed by atoms with E-state index in [-0.39, 0.29) is 23.8 Å². The molecule has 1 aliphatic heterocycles. The minimum absolute atomic E-state index is 0.0998. The molecule has 1 aliphatic rings. The van der Waals surface area contributed by atoms with Crippen LogP contribution in [0.5, 0.6) is 0 Å². The average Bonchev–Trinajstić information content (AvgIpc) is 2.52. The first-order chi connectivity index (χ1) is 11.5. The number of thioether (sulfide) groups is 1. The van der Waals surface area contributed by atoms with Gasteiger partial charge in [0, 0.05) is 5.39 Å². The molecule has 0 amide bonds. The predicted molar refractivity (Wildman–Crippen MR) is 82.2 cm³/mol. The molecule has 0 atom stereocenters. The molecule has 2 aromatic rings. The van der Waals surface area contributed by atoms with Gasteiger partial charge in [0.1, 0.15) is 5.69 Å². The van der Waals surface area contributed by atoms with Gasteiger partial charge in [-0.05, 0) is 42.0 Å². The Hall–Kier alpha value is -1.48. The molecule has 25 heavy (non-hydrogen) atoms. The minimum Gasteiger partial charge on any atom is -0.385 e. The Kier molecular flexibility index (Phi) is 4.43. The highest BCUT2D eigenvalue weighted by Crippen LogP contribution is 2.43. The smallest absolute Gasteiger partial charge is 0.385 e. The highest BCUT2D eigenvalue weighted by atomic mass is 32.2. The van der Waals surface area contributed by atoms with Crippen molar-refractivity contribution in [2.45, 2.75) is 30.8 Å². The van der Waals surface area contributed by atoms with Crippen molar-refractivity contribution in [3.8, 4) is 0 Å². The third kappa shape index (κ3) is 3.44. The Morgan fingerprint density at radius 1 is 1.00 bits per heavy atom. The largest absolute Gasteiger partial charge is 0.433 e. The maximum Gasteiger partial charge on any atom is 0.433 e. The molecule has 0 bridgehead atoms. The number of para-hydroxylation sites is 1. The summed E-state index contributed by atoms with van der Waals surface area (Å²) in [6.07, 6.45) is -9.42. The van der Waals surface area contributed by atoms with Gasteiger partial charge < -0.3 is 5.11 Å². The number of rotatable bonds is 1. The van der Waals surface area contributed by atoms with Crippen LogP contribution in [0.4, 0.5) is 26.3 Å². The van der Waals surface area contributed by atoms with E-state index < -0.39 is 34.7 Å². The standard InChI is InChI=1S/C16H13F6NOS/c17-15(18,19)10-3-1-2-9-11(14(24)4-6-25-7-5-14)8-12(16(20,21)22)23-13(9)10/h1-3,8,24H,4-7H2. The van der Waals surface area contributed by atoms with Crippen LogP contribution in [0.15, 0.2) is 24.3 Å². The number of aliphatic hydroxyl groups is 1. The molecular weight excluding hydrogens is 368 g/mol. The van der Waals surface area contributed by atoms with Gasteiger partial charge >= 0.3 is 12.4 Å². The van der Waals surface area contributed by atoms with Crippen LogP contribution in [0.1, 0.15) is 29.7 Å². The topological polar surface area (TPSA) is 33.1 Å². The van der Waals surface area contributed by atoms with E-state index in [1.165, 1.54) is 17.8 Å². The highest BCUT2D eigenvalue weighted by Gasteiger charge is 2.41. The van der Waals surface area contributed by atoms with E-state index in [0.717, 1.165) is 6.07 Å². The molecule has 1 aromatic heterocycles. The van der Waals surface area contributed by atoms with Crippen LogP contribution < -0.4 is 0 Å². The number of fused-ring (bicyclic) bond motifs is 1. The van der Waals surface area contributed by atoms with Crippen LogP contribution in [-0.2, 0) is 18.0 Å². The van der Waals surface area contributed by atoms with E-state index in [9.17, 15) is 31.4 Å². The molecule has 0 radical (unpaired) electrons. The van der Waals surface area contributed by atoms with Crippen molar-refractivity contribution in [2.24, 2.45) is 0 Å². The van der Waals surface area contributed by atoms with Gasteiger partial charge in [-0.1, -0.05) is 12.1 Å². The number of aromatic nitrogens is 1. The lowest BCUT2D eigenvalue weighted by Crippen LogP contribution is -2.31. The fraction of sp³-hybridized carbons (Fsp3) is 0.438. The lowest BCUT2D eigenvalue weighted by atomic mass is 9.85. The molecule has 0 aliphatic carbocycles. The van der Waals surface area contributed by atoms with Crippen LogP contribution in [0.25, 0.3) is 10.9 Å². The quantitative estimate of drug-likeness (QED) is 0.707. The van der Waals surface area contributed by atoms with E-state index in [2.05, 4.69) is 4.98 Å². The van der Waals surface area contributed by atoms with Crippen molar-refractivity contribution in [3.05, 3.63) is 41.1 Å². The van der Waals surface area contributed by atoms with Crippen LogP contribution in [-0.4, -0.2) is 21.6 Å². The second-order valence-corrected chi connectivity index (χ2v) is 7.12. The Morgan fingerprint density at radius 2 is 1.64 bits per heavy atom. The summed E-state index contributed by atoms with van der Waals surface area (Å²) in [4.78, 5) is 3.24. The molecule has 1 fully saturated rings. The molecule has 9 heteroatoms. The molecular formula is C16H13F6NOS. The Morgan fingerprint density at radius 3 is 2.20 bits per heavy atom. The lowest BCUT2D eigenvalue weighted by Gasteiger charge is -2.33. The Bertz CT molecular complexity index is 796. The van der Waals surface area contributed by atoms with Gasteiger partial charge in [-0.3, -0.25) is 0 Å². The summed E-state index contributed by atoms with van der Waals surface area (Å²) in [7, 11) is 0. The zero-order valence-corrected chi connectivity index (χ0v) is 13.5. The monoisotopic (exact) mass is 381 g/mol. The maximum atomic E-state index is 13.2. The molecule has 3 rings (SSSR count). The number of hydrogen-bond acceptors (Lipinski definition) is 3. The van der Waals surface area contributed by atoms with Crippen molar-refractivity contribution in [1.29, 1.82) is 0 Å². The van der Waals surface area contributed by atoms with Gasteiger partial charge in [0.2, 0.25) is 0 Å². The molecule has 2 nitrogen and oxygen atoms in total. The Balaban J connectivity index is 2.35. The van der Waals surface area contributed by atoms with Crippen molar-refractivity contribution in [3.63, 3.8) is 0 Å². The second-order valence-electron chi connectivity index (χ2n) is 5.90. The fourth-order valence-electron chi connectivity index (χ4n) is 2.99. The fourth-order valence-corrected chi connectivity index (χ4v) is 4.15.